The van der Waals surface area contributed by atoms with E-state index in [1.807, 2.05) is 0 Å². The van der Waals surface area contributed by atoms with Crippen molar-refractivity contribution in [2.24, 2.45) is 23.7 Å². The lowest BCUT2D eigenvalue weighted by Gasteiger charge is -2.61. The molecule has 250 valence electrons. The van der Waals surface area contributed by atoms with E-state index < -0.39 is 0 Å². The minimum Gasteiger partial charge on any atom is -0.456 e. The second-order valence-electron chi connectivity index (χ2n) is 16.1. The highest BCUT2D eigenvalue weighted by molar-refractivity contribution is 6.13. The van der Waals surface area contributed by atoms with Crippen LogP contribution < -0.4 is 4.90 Å². The summed E-state index contributed by atoms with van der Waals surface area (Å²) in [6.07, 6.45) is 6.97. The van der Waals surface area contributed by atoms with Crippen LogP contribution in [-0.4, -0.2) is 0 Å². The molecule has 0 saturated heterocycles. The van der Waals surface area contributed by atoms with Gasteiger partial charge in [0.2, 0.25) is 0 Å². The molecule has 2 heteroatoms. The van der Waals surface area contributed by atoms with Gasteiger partial charge in [0.15, 0.2) is 0 Å². The summed E-state index contributed by atoms with van der Waals surface area (Å²) >= 11 is 0. The molecule has 0 radical (unpaired) electrons. The fraction of sp³-hybridized carbons (Fsp3) is 0.200. The summed E-state index contributed by atoms with van der Waals surface area (Å²) in [6, 6.07) is 56.5. The summed E-state index contributed by atoms with van der Waals surface area (Å²) in [6.45, 7) is 0. The van der Waals surface area contributed by atoms with Gasteiger partial charge in [-0.2, -0.15) is 0 Å². The molecule has 0 N–H and O–H groups in total. The first-order valence-corrected chi connectivity index (χ1v) is 19.3. The van der Waals surface area contributed by atoms with Crippen molar-refractivity contribution in [2.45, 2.75) is 37.5 Å². The molecule has 5 aliphatic carbocycles. The summed E-state index contributed by atoms with van der Waals surface area (Å²) in [5.74, 6) is 3.25. The minimum absolute atomic E-state index is 0.101. The van der Waals surface area contributed by atoms with Gasteiger partial charge in [0.25, 0.3) is 0 Å². The van der Waals surface area contributed by atoms with E-state index in [-0.39, 0.29) is 5.41 Å². The maximum absolute atomic E-state index is 6.49. The zero-order chi connectivity index (χ0) is 34.0. The fourth-order valence-corrected chi connectivity index (χ4v) is 11.8. The van der Waals surface area contributed by atoms with Gasteiger partial charge in [0.1, 0.15) is 11.2 Å². The van der Waals surface area contributed by atoms with E-state index in [2.05, 4.69) is 157 Å². The summed E-state index contributed by atoms with van der Waals surface area (Å²) in [4.78, 5) is 2.52. The molecular weight excluding hydrogens is 631 g/mol. The zero-order valence-electron chi connectivity index (χ0n) is 29.1. The average molecular weight is 670 g/mol. The van der Waals surface area contributed by atoms with Crippen molar-refractivity contribution in [1.29, 1.82) is 0 Å². The predicted octanol–water partition coefficient (Wildman–Crippen LogP) is 13.6. The molecule has 0 aliphatic heterocycles. The third kappa shape index (κ3) is 3.96. The number of rotatable bonds is 4. The topological polar surface area (TPSA) is 16.4 Å². The van der Waals surface area contributed by atoms with Crippen molar-refractivity contribution in [3.05, 3.63) is 163 Å². The third-order valence-corrected chi connectivity index (χ3v) is 13.6. The van der Waals surface area contributed by atoms with Crippen LogP contribution in [-0.2, 0) is 5.41 Å². The van der Waals surface area contributed by atoms with Gasteiger partial charge in [0, 0.05) is 22.2 Å². The van der Waals surface area contributed by atoms with E-state index in [1.165, 1.54) is 70.8 Å². The van der Waals surface area contributed by atoms with Gasteiger partial charge < -0.3 is 9.32 Å². The van der Waals surface area contributed by atoms with E-state index in [1.54, 1.807) is 11.1 Å². The number of para-hydroxylation sites is 1. The first-order valence-electron chi connectivity index (χ1n) is 19.3. The number of anilines is 3. The average Bonchev–Trinajstić information content (AvgIpc) is 3.71. The lowest BCUT2D eigenvalue weighted by atomic mass is 9.43. The zero-order valence-corrected chi connectivity index (χ0v) is 29.1. The number of benzene rings is 7. The summed E-state index contributed by atoms with van der Waals surface area (Å²) in [7, 11) is 0. The molecule has 4 fully saturated rings. The number of furan rings is 1. The van der Waals surface area contributed by atoms with E-state index in [0.717, 1.165) is 45.1 Å². The Morgan fingerprint density at radius 3 is 2.04 bits per heavy atom. The van der Waals surface area contributed by atoms with Crippen LogP contribution in [0.1, 0.15) is 43.2 Å². The van der Waals surface area contributed by atoms with Gasteiger partial charge in [0.05, 0.1) is 11.1 Å². The van der Waals surface area contributed by atoms with Crippen LogP contribution in [0.4, 0.5) is 17.1 Å². The van der Waals surface area contributed by atoms with Gasteiger partial charge in [-0.15, -0.1) is 0 Å². The SMILES string of the molecule is c1ccc(-c2ccc3ccc(N(c4ccc5c(c4)C4(c6ccccc6-5)C5CC6CC(C5)CC4C6)c4cccc5oc6ccccc6c45)cc3c2)cc1. The number of nitrogens with zero attached hydrogens (tertiary/aromatic N) is 1. The van der Waals surface area contributed by atoms with Gasteiger partial charge in [-0.3, -0.25) is 0 Å². The van der Waals surface area contributed by atoms with Crippen LogP contribution in [0.5, 0.6) is 0 Å². The Bertz CT molecular complexity index is 2690. The highest BCUT2D eigenvalue weighted by Gasteiger charge is 2.61. The first kappa shape index (κ1) is 29.0. The van der Waals surface area contributed by atoms with Crippen molar-refractivity contribution in [3.8, 4) is 22.3 Å². The molecule has 4 bridgehead atoms. The lowest BCUT2D eigenvalue weighted by molar-refractivity contribution is -0.0399. The fourth-order valence-electron chi connectivity index (χ4n) is 11.8. The highest BCUT2D eigenvalue weighted by atomic mass is 16.3. The lowest BCUT2D eigenvalue weighted by Crippen LogP contribution is -2.55. The molecule has 8 aromatic rings. The van der Waals surface area contributed by atoms with Crippen LogP contribution in [0.15, 0.2) is 156 Å². The predicted molar refractivity (Wildman–Crippen MR) is 215 cm³/mol. The molecule has 2 nitrogen and oxygen atoms in total. The van der Waals surface area contributed by atoms with Crippen LogP contribution in [0.2, 0.25) is 0 Å². The van der Waals surface area contributed by atoms with Crippen molar-refractivity contribution < 1.29 is 4.42 Å². The summed E-state index contributed by atoms with van der Waals surface area (Å²) in [5, 5.41) is 4.78. The van der Waals surface area contributed by atoms with E-state index in [4.69, 9.17) is 4.42 Å². The van der Waals surface area contributed by atoms with Gasteiger partial charge >= 0.3 is 0 Å². The van der Waals surface area contributed by atoms with Crippen LogP contribution in [0, 0.1) is 23.7 Å². The van der Waals surface area contributed by atoms with Crippen molar-refractivity contribution >= 4 is 49.8 Å². The molecule has 0 unspecified atom stereocenters. The highest BCUT2D eigenvalue weighted by Crippen LogP contribution is 2.69. The van der Waals surface area contributed by atoms with Crippen LogP contribution in [0.25, 0.3) is 55.0 Å². The van der Waals surface area contributed by atoms with Gasteiger partial charge in [-0.1, -0.05) is 103 Å². The smallest absolute Gasteiger partial charge is 0.137 e. The Kier molecular flexibility index (Phi) is 5.98. The maximum atomic E-state index is 6.49. The van der Waals surface area contributed by atoms with Crippen molar-refractivity contribution in [1.82, 2.24) is 0 Å². The van der Waals surface area contributed by atoms with E-state index in [0.29, 0.717) is 11.8 Å². The molecule has 0 atom stereocenters. The quantitative estimate of drug-likeness (QED) is 0.185. The second kappa shape index (κ2) is 10.7. The largest absolute Gasteiger partial charge is 0.456 e. The Morgan fingerprint density at radius 1 is 0.481 bits per heavy atom. The normalized spacial score (nSPS) is 23.8. The van der Waals surface area contributed by atoms with Crippen molar-refractivity contribution in [2.75, 3.05) is 4.90 Å². The summed E-state index contributed by atoms with van der Waals surface area (Å²) in [5.41, 5.74) is 14.0. The molecule has 1 spiro atoms. The van der Waals surface area contributed by atoms with Crippen LogP contribution >= 0.6 is 0 Å². The Morgan fingerprint density at radius 2 is 1.17 bits per heavy atom. The standard InChI is InChI=1S/C50H39NO/c1-2-9-33(10-3-1)35-18-17-34-19-20-39(29-36(34)28-35)51(46-14-8-16-48-49(46)43-12-5-7-15-47(43)52-48)40-21-22-42-41-11-4-6-13-44(41)50(45(42)30-40)37-24-31-23-32(26-37)27-38(50)25-31/h1-22,28-32,37-38H,23-27H2. The molecule has 1 aromatic heterocycles. The number of hydrogen-bond acceptors (Lipinski definition) is 2. The van der Waals surface area contributed by atoms with E-state index >= 15 is 0 Å². The van der Waals surface area contributed by atoms with Gasteiger partial charge in [-0.05, 0) is 148 Å². The second-order valence-corrected chi connectivity index (χ2v) is 16.1. The Balaban J connectivity index is 1.11. The van der Waals surface area contributed by atoms with E-state index in [9.17, 15) is 0 Å². The molecule has 1 heterocycles. The molecule has 0 amide bonds. The molecule has 4 saturated carbocycles. The first-order chi connectivity index (χ1) is 25.7. The van der Waals surface area contributed by atoms with Crippen molar-refractivity contribution in [3.63, 3.8) is 0 Å². The molecule has 7 aromatic carbocycles. The Labute approximate surface area is 304 Å². The minimum atomic E-state index is 0.101. The third-order valence-electron chi connectivity index (χ3n) is 13.6. The molecule has 52 heavy (non-hydrogen) atoms. The summed E-state index contributed by atoms with van der Waals surface area (Å²) < 4.78 is 6.49. The monoisotopic (exact) mass is 669 g/mol. The molecule has 13 rings (SSSR count). The maximum Gasteiger partial charge on any atom is 0.137 e. The Hall–Kier alpha value is -5.60. The molecule has 5 aliphatic rings. The molecular formula is C50H39NO. The number of fused-ring (bicyclic) bond motifs is 7. The van der Waals surface area contributed by atoms with Crippen LogP contribution in [0.3, 0.4) is 0 Å². The number of hydrogen-bond donors (Lipinski definition) is 0. The van der Waals surface area contributed by atoms with Gasteiger partial charge in [-0.25, -0.2) is 0 Å².